The summed E-state index contributed by atoms with van der Waals surface area (Å²) < 4.78 is 0. The van der Waals surface area contributed by atoms with Crippen molar-refractivity contribution in [1.29, 1.82) is 0 Å². The Kier molecular flexibility index (Phi) is 5.87. The molecule has 1 saturated carbocycles. The second kappa shape index (κ2) is 7.66. The van der Waals surface area contributed by atoms with Gasteiger partial charge in [-0.15, -0.1) is 0 Å². The molecule has 2 rings (SSSR count). The van der Waals surface area contributed by atoms with E-state index in [0.29, 0.717) is 0 Å². The molecule has 1 aromatic rings. The molecule has 1 unspecified atom stereocenters. The average molecular weight is 260 g/mol. The monoisotopic (exact) mass is 260 g/mol. The second-order valence-corrected chi connectivity index (χ2v) is 5.78. The molecule has 19 heavy (non-hydrogen) atoms. The smallest absolute Gasteiger partial charge is 0.0295 e. The molecule has 0 radical (unpaired) electrons. The number of hydrogen-bond donors (Lipinski definition) is 1. The Morgan fingerprint density at radius 3 is 2.47 bits per heavy atom. The molecule has 0 saturated heterocycles. The van der Waals surface area contributed by atoms with Crippen LogP contribution in [-0.4, -0.2) is 24.0 Å². The van der Waals surface area contributed by atoms with Crippen LogP contribution < -0.4 is 5.73 Å². The topological polar surface area (TPSA) is 29.3 Å². The number of rotatable bonds is 9. The van der Waals surface area contributed by atoms with Crippen LogP contribution >= 0.6 is 0 Å². The Balaban J connectivity index is 1.69. The molecule has 1 aliphatic carbocycles. The highest BCUT2D eigenvalue weighted by Gasteiger charge is 2.27. The molecule has 2 nitrogen and oxygen atoms in total. The molecule has 1 aromatic carbocycles. The maximum absolute atomic E-state index is 6.25. The highest BCUT2D eigenvalue weighted by atomic mass is 15.2. The van der Waals surface area contributed by atoms with E-state index in [9.17, 15) is 0 Å². The summed E-state index contributed by atoms with van der Waals surface area (Å²) in [5.74, 6) is 0. The van der Waals surface area contributed by atoms with Crippen LogP contribution in [-0.2, 0) is 0 Å². The first kappa shape index (κ1) is 14.5. The Bertz CT molecular complexity index is 346. The van der Waals surface area contributed by atoms with Crippen molar-refractivity contribution in [1.82, 2.24) is 4.90 Å². The largest absolute Gasteiger partial charge is 0.324 e. The van der Waals surface area contributed by atoms with Crippen molar-refractivity contribution in [2.75, 3.05) is 13.1 Å². The zero-order valence-corrected chi connectivity index (χ0v) is 12.2. The van der Waals surface area contributed by atoms with Gasteiger partial charge in [-0.25, -0.2) is 0 Å². The van der Waals surface area contributed by atoms with Crippen molar-refractivity contribution in [2.24, 2.45) is 5.73 Å². The average Bonchev–Trinajstić information content (AvgIpc) is 3.28. The maximum Gasteiger partial charge on any atom is 0.0295 e. The summed E-state index contributed by atoms with van der Waals surface area (Å²) in [4.78, 5) is 2.68. The van der Waals surface area contributed by atoms with Crippen molar-refractivity contribution in [2.45, 2.75) is 57.5 Å². The molecule has 2 heteroatoms. The van der Waals surface area contributed by atoms with Gasteiger partial charge in [-0.05, 0) is 50.8 Å². The lowest BCUT2D eigenvalue weighted by Crippen LogP contribution is -2.28. The summed E-state index contributed by atoms with van der Waals surface area (Å²) in [7, 11) is 0. The van der Waals surface area contributed by atoms with E-state index < -0.39 is 0 Å². The zero-order chi connectivity index (χ0) is 13.5. The summed E-state index contributed by atoms with van der Waals surface area (Å²) >= 11 is 0. The number of benzene rings is 1. The standard InChI is InChI=1S/C17H28N2/c1-2-3-13-19(16-11-12-16)14-7-10-17(18)15-8-5-4-6-9-15/h4-6,8-9,16-17H,2-3,7,10-14,18H2,1H3. The van der Waals surface area contributed by atoms with Gasteiger partial charge in [0.2, 0.25) is 0 Å². The summed E-state index contributed by atoms with van der Waals surface area (Å²) in [6.45, 7) is 4.78. The Morgan fingerprint density at radius 2 is 1.84 bits per heavy atom. The van der Waals surface area contributed by atoms with Crippen LogP contribution in [0.25, 0.3) is 0 Å². The van der Waals surface area contributed by atoms with Crippen LogP contribution in [0.1, 0.15) is 57.1 Å². The molecule has 1 fully saturated rings. The van der Waals surface area contributed by atoms with Crippen molar-refractivity contribution in [3.8, 4) is 0 Å². The molecular formula is C17H28N2. The highest BCUT2D eigenvalue weighted by Crippen LogP contribution is 2.27. The minimum Gasteiger partial charge on any atom is -0.324 e. The molecular weight excluding hydrogens is 232 g/mol. The normalized spacial score (nSPS) is 16.8. The van der Waals surface area contributed by atoms with Gasteiger partial charge in [0, 0.05) is 12.1 Å². The van der Waals surface area contributed by atoms with Crippen molar-refractivity contribution in [3.63, 3.8) is 0 Å². The molecule has 1 aliphatic rings. The third-order valence-corrected chi connectivity index (χ3v) is 4.05. The molecule has 0 aliphatic heterocycles. The number of nitrogens with two attached hydrogens (primary N) is 1. The molecule has 1 atom stereocenters. The lowest BCUT2D eigenvalue weighted by Gasteiger charge is -2.22. The molecule has 0 aromatic heterocycles. The fourth-order valence-corrected chi connectivity index (χ4v) is 2.66. The predicted octanol–water partition coefficient (Wildman–Crippen LogP) is 3.73. The minimum absolute atomic E-state index is 0.202. The maximum atomic E-state index is 6.25. The van der Waals surface area contributed by atoms with Gasteiger partial charge in [-0.3, -0.25) is 0 Å². The Hall–Kier alpha value is -0.860. The van der Waals surface area contributed by atoms with E-state index in [-0.39, 0.29) is 6.04 Å². The Labute approximate surface area is 118 Å². The van der Waals surface area contributed by atoms with Crippen LogP contribution in [0, 0.1) is 0 Å². The molecule has 106 valence electrons. The quantitative estimate of drug-likeness (QED) is 0.733. The summed E-state index contributed by atoms with van der Waals surface area (Å²) in [5.41, 5.74) is 7.53. The minimum atomic E-state index is 0.202. The van der Waals surface area contributed by atoms with Gasteiger partial charge in [-0.2, -0.15) is 0 Å². The van der Waals surface area contributed by atoms with Gasteiger partial charge >= 0.3 is 0 Å². The first-order valence-electron chi connectivity index (χ1n) is 7.86. The van der Waals surface area contributed by atoms with Crippen LogP contribution in [0.2, 0.25) is 0 Å². The SMILES string of the molecule is CCCCN(CCCC(N)c1ccccc1)C1CC1. The fourth-order valence-electron chi connectivity index (χ4n) is 2.66. The first-order valence-corrected chi connectivity index (χ1v) is 7.86. The second-order valence-electron chi connectivity index (χ2n) is 5.78. The molecule has 0 amide bonds. The van der Waals surface area contributed by atoms with Gasteiger partial charge in [0.1, 0.15) is 0 Å². The van der Waals surface area contributed by atoms with Crippen LogP contribution in [0.5, 0.6) is 0 Å². The number of unbranched alkanes of at least 4 members (excludes halogenated alkanes) is 1. The molecule has 2 N–H and O–H groups in total. The predicted molar refractivity (Wildman–Crippen MR) is 82.1 cm³/mol. The fraction of sp³-hybridized carbons (Fsp3) is 0.647. The van der Waals surface area contributed by atoms with Gasteiger partial charge < -0.3 is 10.6 Å². The van der Waals surface area contributed by atoms with E-state index in [0.717, 1.165) is 12.5 Å². The van der Waals surface area contributed by atoms with Crippen LogP contribution in [0.3, 0.4) is 0 Å². The summed E-state index contributed by atoms with van der Waals surface area (Å²) in [5, 5.41) is 0. The van der Waals surface area contributed by atoms with E-state index in [1.165, 1.54) is 50.8 Å². The van der Waals surface area contributed by atoms with E-state index >= 15 is 0 Å². The van der Waals surface area contributed by atoms with Crippen LogP contribution in [0.15, 0.2) is 30.3 Å². The van der Waals surface area contributed by atoms with Crippen molar-refractivity contribution < 1.29 is 0 Å². The van der Waals surface area contributed by atoms with Gasteiger partial charge in [-0.1, -0.05) is 43.7 Å². The van der Waals surface area contributed by atoms with E-state index in [4.69, 9.17) is 5.73 Å². The number of hydrogen-bond acceptors (Lipinski definition) is 2. The van der Waals surface area contributed by atoms with Crippen LogP contribution in [0.4, 0.5) is 0 Å². The third kappa shape index (κ3) is 4.96. The zero-order valence-electron chi connectivity index (χ0n) is 12.2. The van der Waals surface area contributed by atoms with E-state index in [1.54, 1.807) is 0 Å². The summed E-state index contributed by atoms with van der Waals surface area (Å²) in [6, 6.07) is 11.6. The molecule has 0 spiro atoms. The highest BCUT2D eigenvalue weighted by molar-refractivity contribution is 5.18. The van der Waals surface area contributed by atoms with Crippen molar-refractivity contribution >= 4 is 0 Å². The van der Waals surface area contributed by atoms with E-state index in [2.05, 4.69) is 42.2 Å². The molecule has 0 bridgehead atoms. The van der Waals surface area contributed by atoms with Gasteiger partial charge in [0.15, 0.2) is 0 Å². The number of nitrogens with zero attached hydrogens (tertiary/aromatic N) is 1. The third-order valence-electron chi connectivity index (χ3n) is 4.05. The summed E-state index contributed by atoms with van der Waals surface area (Å²) in [6.07, 6.45) is 7.77. The lowest BCUT2D eigenvalue weighted by molar-refractivity contribution is 0.251. The van der Waals surface area contributed by atoms with Crippen molar-refractivity contribution in [3.05, 3.63) is 35.9 Å². The van der Waals surface area contributed by atoms with Gasteiger partial charge in [0.05, 0.1) is 0 Å². The first-order chi connectivity index (χ1) is 9.31. The van der Waals surface area contributed by atoms with E-state index in [1.807, 2.05) is 0 Å². The molecule has 0 heterocycles. The van der Waals surface area contributed by atoms with Gasteiger partial charge in [0.25, 0.3) is 0 Å². The Morgan fingerprint density at radius 1 is 1.16 bits per heavy atom. The lowest BCUT2D eigenvalue weighted by atomic mass is 10.0.